The molecule has 3 heterocycles. The molecule has 132 valence electrons. The Labute approximate surface area is 148 Å². The number of rotatable bonds is 3. The maximum Gasteiger partial charge on any atom is 0.228 e. The Morgan fingerprint density at radius 1 is 1.35 bits per heavy atom. The molecule has 4 rings (SSSR count). The first kappa shape index (κ1) is 16.2. The first-order valence-corrected chi connectivity index (χ1v) is 8.22. The average molecular weight is 353 g/mol. The second-order valence-corrected chi connectivity index (χ2v) is 6.25. The lowest BCUT2D eigenvalue weighted by Gasteiger charge is -2.26. The van der Waals surface area contributed by atoms with Crippen LogP contribution < -0.4 is 10.6 Å². The molecular weight excluding hydrogens is 337 g/mol. The zero-order valence-corrected chi connectivity index (χ0v) is 13.9. The lowest BCUT2D eigenvalue weighted by molar-refractivity contribution is -0.126. The van der Waals surface area contributed by atoms with Gasteiger partial charge in [-0.25, -0.2) is 4.39 Å². The molecule has 2 N–H and O–H groups in total. The third-order valence-electron chi connectivity index (χ3n) is 4.46. The summed E-state index contributed by atoms with van der Waals surface area (Å²) in [6.07, 6.45) is 1.83. The third kappa shape index (κ3) is 2.79. The van der Waals surface area contributed by atoms with Gasteiger partial charge < -0.3 is 10.6 Å². The molecule has 1 aromatic carbocycles. The molecule has 8 heteroatoms. The van der Waals surface area contributed by atoms with Gasteiger partial charge in [0.2, 0.25) is 11.8 Å². The maximum absolute atomic E-state index is 13.4. The lowest BCUT2D eigenvalue weighted by atomic mass is 9.89. The molecule has 0 fully saturated rings. The molecule has 0 bridgehead atoms. The zero-order chi connectivity index (χ0) is 18.3. The minimum Gasteiger partial charge on any atom is -0.346 e. The standard InChI is InChI=1S/C18H16FN5O2/c1-10(17-23-22-15-4-2-3-7-24(15)17)20-18(26)13-9-16(25)21-14-8-11(19)5-6-12(13)14/h2-8,10,13H,9H2,1H3,(H,20,26)(H,21,25)/t10-,13+/m1/s1. The molecule has 2 atom stereocenters. The highest BCUT2D eigenvalue weighted by Gasteiger charge is 2.32. The van der Waals surface area contributed by atoms with E-state index in [-0.39, 0.29) is 18.2 Å². The first-order chi connectivity index (χ1) is 12.5. The summed E-state index contributed by atoms with van der Waals surface area (Å²) in [6.45, 7) is 1.80. The molecule has 0 spiro atoms. The van der Waals surface area contributed by atoms with E-state index in [4.69, 9.17) is 0 Å². The first-order valence-electron chi connectivity index (χ1n) is 8.22. The molecule has 1 aliphatic rings. The van der Waals surface area contributed by atoms with Crippen LogP contribution in [-0.2, 0) is 9.59 Å². The maximum atomic E-state index is 13.4. The van der Waals surface area contributed by atoms with Crippen molar-refractivity contribution in [3.8, 4) is 0 Å². The average Bonchev–Trinajstić information content (AvgIpc) is 3.04. The van der Waals surface area contributed by atoms with Gasteiger partial charge in [0.25, 0.3) is 0 Å². The smallest absolute Gasteiger partial charge is 0.228 e. The van der Waals surface area contributed by atoms with Gasteiger partial charge in [0, 0.05) is 18.3 Å². The molecule has 0 radical (unpaired) electrons. The Morgan fingerprint density at radius 3 is 3.04 bits per heavy atom. The summed E-state index contributed by atoms with van der Waals surface area (Å²) in [7, 11) is 0. The molecule has 0 saturated heterocycles. The van der Waals surface area contributed by atoms with Crippen LogP contribution in [0.5, 0.6) is 0 Å². The minimum absolute atomic E-state index is 0.0117. The van der Waals surface area contributed by atoms with Crippen molar-refractivity contribution in [2.24, 2.45) is 0 Å². The van der Waals surface area contributed by atoms with Gasteiger partial charge in [0.1, 0.15) is 5.82 Å². The summed E-state index contributed by atoms with van der Waals surface area (Å²) in [5.41, 5.74) is 1.62. The van der Waals surface area contributed by atoms with Crippen molar-refractivity contribution in [3.05, 3.63) is 59.8 Å². The number of hydrogen-bond donors (Lipinski definition) is 2. The number of carbonyl (C=O) groups excluding carboxylic acids is 2. The van der Waals surface area contributed by atoms with Gasteiger partial charge in [-0.05, 0) is 36.8 Å². The fourth-order valence-electron chi connectivity index (χ4n) is 3.20. The van der Waals surface area contributed by atoms with Crippen LogP contribution in [0.25, 0.3) is 5.65 Å². The van der Waals surface area contributed by atoms with Crippen molar-refractivity contribution in [1.29, 1.82) is 0 Å². The lowest BCUT2D eigenvalue weighted by Crippen LogP contribution is -2.36. The van der Waals surface area contributed by atoms with E-state index in [1.54, 1.807) is 11.3 Å². The van der Waals surface area contributed by atoms with Gasteiger partial charge in [-0.2, -0.15) is 0 Å². The molecular formula is C18H16FN5O2. The monoisotopic (exact) mass is 353 g/mol. The fraction of sp³-hybridized carbons (Fsp3) is 0.222. The number of pyridine rings is 1. The minimum atomic E-state index is -0.680. The molecule has 26 heavy (non-hydrogen) atoms. The SMILES string of the molecule is C[C@@H](NC(=O)[C@H]1CC(=O)Nc2cc(F)ccc21)c1nnc2ccccn12. The number of fused-ring (bicyclic) bond motifs is 2. The van der Waals surface area contributed by atoms with E-state index in [0.717, 1.165) is 0 Å². The summed E-state index contributed by atoms with van der Waals surface area (Å²) >= 11 is 0. The number of halogens is 1. The number of amides is 2. The van der Waals surface area contributed by atoms with Crippen molar-refractivity contribution in [2.45, 2.75) is 25.3 Å². The van der Waals surface area contributed by atoms with E-state index in [0.29, 0.717) is 22.7 Å². The summed E-state index contributed by atoms with van der Waals surface area (Å²) < 4.78 is 15.2. The fourth-order valence-corrected chi connectivity index (χ4v) is 3.20. The quantitative estimate of drug-likeness (QED) is 0.755. The van der Waals surface area contributed by atoms with Gasteiger partial charge in [0.15, 0.2) is 11.5 Å². The van der Waals surface area contributed by atoms with Crippen molar-refractivity contribution in [2.75, 3.05) is 5.32 Å². The van der Waals surface area contributed by atoms with Crippen LogP contribution in [0, 0.1) is 5.82 Å². The van der Waals surface area contributed by atoms with E-state index in [1.807, 2.05) is 24.4 Å². The Balaban J connectivity index is 1.59. The molecule has 0 unspecified atom stereocenters. The highest BCUT2D eigenvalue weighted by Crippen LogP contribution is 2.33. The number of nitrogens with zero attached hydrogens (tertiary/aromatic N) is 3. The molecule has 0 saturated carbocycles. The molecule has 2 amide bonds. The van der Waals surface area contributed by atoms with Crippen molar-refractivity contribution in [3.63, 3.8) is 0 Å². The number of carbonyl (C=O) groups is 2. The highest BCUT2D eigenvalue weighted by molar-refractivity contribution is 6.01. The van der Waals surface area contributed by atoms with E-state index in [1.165, 1.54) is 18.2 Å². The molecule has 0 aliphatic carbocycles. The number of nitrogens with one attached hydrogen (secondary N) is 2. The Bertz CT molecular complexity index is 1020. The van der Waals surface area contributed by atoms with Crippen molar-refractivity contribution in [1.82, 2.24) is 19.9 Å². The van der Waals surface area contributed by atoms with Crippen LogP contribution in [0.1, 0.15) is 36.7 Å². The molecule has 7 nitrogen and oxygen atoms in total. The van der Waals surface area contributed by atoms with Crippen LogP contribution in [-0.4, -0.2) is 26.4 Å². The Morgan fingerprint density at radius 2 is 2.19 bits per heavy atom. The molecule has 1 aliphatic heterocycles. The number of benzene rings is 1. The second kappa shape index (κ2) is 6.21. The van der Waals surface area contributed by atoms with E-state index in [2.05, 4.69) is 20.8 Å². The van der Waals surface area contributed by atoms with Crippen molar-refractivity contribution < 1.29 is 14.0 Å². The van der Waals surface area contributed by atoms with E-state index >= 15 is 0 Å². The summed E-state index contributed by atoms with van der Waals surface area (Å²) in [5.74, 6) is -1.18. The summed E-state index contributed by atoms with van der Waals surface area (Å²) in [5, 5.41) is 13.7. The van der Waals surface area contributed by atoms with Gasteiger partial charge >= 0.3 is 0 Å². The van der Waals surface area contributed by atoms with Crippen LogP contribution in [0.3, 0.4) is 0 Å². The predicted molar refractivity (Wildman–Crippen MR) is 91.9 cm³/mol. The largest absolute Gasteiger partial charge is 0.346 e. The van der Waals surface area contributed by atoms with Gasteiger partial charge in [0.05, 0.1) is 12.0 Å². The molecule has 2 aromatic heterocycles. The van der Waals surface area contributed by atoms with Gasteiger partial charge in [-0.3, -0.25) is 14.0 Å². The normalized spacial score (nSPS) is 17.5. The van der Waals surface area contributed by atoms with E-state index in [9.17, 15) is 14.0 Å². The topological polar surface area (TPSA) is 88.4 Å². The predicted octanol–water partition coefficient (Wildman–Crippen LogP) is 2.17. The zero-order valence-electron chi connectivity index (χ0n) is 13.9. The van der Waals surface area contributed by atoms with Gasteiger partial charge in [-0.15, -0.1) is 10.2 Å². The third-order valence-corrected chi connectivity index (χ3v) is 4.46. The summed E-state index contributed by atoms with van der Waals surface area (Å²) in [6, 6.07) is 9.16. The van der Waals surface area contributed by atoms with Crippen LogP contribution >= 0.6 is 0 Å². The van der Waals surface area contributed by atoms with Gasteiger partial charge in [-0.1, -0.05) is 12.1 Å². The number of anilines is 1. The summed E-state index contributed by atoms with van der Waals surface area (Å²) in [4.78, 5) is 24.7. The number of aromatic nitrogens is 3. The molecule has 3 aromatic rings. The highest BCUT2D eigenvalue weighted by atomic mass is 19.1. The van der Waals surface area contributed by atoms with Crippen LogP contribution in [0.4, 0.5) is 10.1 Å². The Kier molecular flexibility index (Phi) is 3.87. The Hall–Kier alpha value is -3.29. The van der Waals surface area contributed by atoms with E-state index < -0.39 is 17.8 Å². The van der Waals surface area contributed by atoms with Crippen LogP contribution in [0.15, 0.2) is 42.6 Å². The van der Waals surface area contributed by atoms with Crippen LogP contribution in [0.2, 0.25) is 0 Å². The number of hydrogen-bond acceptors (Lipinski definition) is 4. The van der Waals surface area contributed by atoms with Crippen molar-refractivity contribution >= 4 is 23.1 Å². The second-order valence-electron chi connectivity index (χ2n) is 6.25.